The molecule has 4 nitrogen and oxygen atoms in total. The minimum atomic E-state index is 0.197. The Morgan fingerprint density at radius 1 is 0.526 bits per heavy atom. The van der Waals surface area contributed by atoms with Gasteiger partial charge in [0, 0.05) is 35.4 Å². The monoisotopic (exact) mass is 532 g/mol. The summed E-state index contributed by atoms with van der Waals surface area (Å²) >= 11 is 0. The molecule has 0 amide bonds. The molecule has 38 heavy (non-hydrogen) atoms. The lowest BCUT2D eigenvalue weighted by atomic mass is 9.63. The molecule has 6 heteroatoms. The van der Waals surface area contributed by atoms with Crippen molar-refractivity contribution >= 4 is 39.7 Å². The molecule has 0 fully saturated rings. The lowest BCUT2D eigenvalue weighted by molar-refractivity contribution is 0.483. The van der Waals surface area contributed by atoms with Crippen LogP contribution in [0, 0.1) is 0 Å². The molecule has 3 aliphatic rings. The van der Waals surface area contributed by atoms with Crippen LogP contribution in [0.2, 0.25) is 0 Å². The van der Waals surface area contributed by atoms with Crippen molar-refractivity contribution in [2.75, 3.05) is 0 Å². The molecule has 3 aliphatic carbocycles. The topological polar surface area (TPSA) is 28.3 Å². The zero-order valence-corrected chi connectivity index (χ0v) is 22.7. The Morgan fingerprint density at radius 2 is 1.03 bits per heavy atom. The van der Waals surface area contributed by atoms with Crippen molar-refractivity contribution < 1.29 is 9.05 Å². The highest BCUT2D eigenvalue weighted by atomic mass is 31.1. The van der Waals surface area contributed by atoms with Gasteiger partial charge in [0.1, 0.15) is 11.5 Å². The average molecular weight is 533 g/mol. The summed E-state index contributed by atoms with van der Waals surface area (Å²) in [6, 6.07) is 34.5. The first-order chi connectivity index (χ1) is 18.8. The maximum absolute atomic E-state index is 6.58. The molecule has 186 valence electrons. The van der Waals surface area contributed by atoms with Gasteiger partial charge in [0.15, 0.2) is 17.9 Å². The average Bonchev–Trinajstić information content (AvgIpc) is 3.59. The van der Waals surface area contributed by atoms with E-state index in [9.17, 15) is 0 Å². The molecule has 0 saturated heterocycles. The minimum absolute atomic E-state index is 0.197. The van der Waals surface area contributed by atoms with Crippen LogP contribution in [0.4, 0.5) is 0 Å². The Balaban J connectivity index is 1.13. The summed E-state index contributed by atoms with van der Waals surface area (Å²) in [5, 5.41) is 2.48. The molecule has 6 aromatic rings. The fraction of sp³-hybridized carbons (Fsp3) is 0.125. The lowest BCUT2D eigenvalue weighted by Crippen LogP contribution is -2.25. The molecule has 9 rings (SSSR count). The van der Waals surface area contributed by atoms with Crippen molar-refractivity contribution in [3.63, 3.8) is 0 Å². The summed E-state index contributed by atoms with van der Waals surface area (Å²) in [7, 11) is 0.393. The van der Waals surface area contributed by atoms with Gasteiger partial charge in [-0.1, -0.05) is 60.7 Å². The quantitative estimate of drug-likeness (QED) is 0.201. The van der Waals surface area contributed by atoms with E-state index in [0.29, 0.717) is 5.92 Å². The number of hydrogen-bond acceptors (Lipinski definition) is 2. The summed E-state index contributed by atoms with van der Waals surface area (Å²) in [6.07, 6.45) is 6.54. The number of hydrogen-bond donors (Lipinski definition) is 0. The van der Waals surface area contributed by atoms with Crippen molar-refractivity contribution in [2.24, 2.45) is 0 Å². The Bertz CT molecular complexity index is 1690. The van der Waals surface area contributed by atoms with Crippen molar-refractivity contribution in [1.82, 2.24) is 8.68 Å². The zero-order chi connectivity index (χ0) is 25.1. The summed E-state index contributed by atoms with van der Waals surface area (Å²) in [5.41, 5.74) is 7.96. The third-order valence-electron chi connectivity index (χ3n) is 8.10. The second-order valence-electron chi connectivity index (χ2n) is 10.1. The molecule has 0 spiro atoms. The van der Waals surface area contributed by atoms with Gasteiger partial charge >= 0.3 is 0 Å². The van der Waals surface area contributed by atoms with Gasteiger partial charge in [-0.25, -0.2) is 0 Å². The maximum Gasteiger partial charge on any atom is 0.181 e. The number of benzene rings is 4. The largest absolute Gasteiger partial charge is 0.455 e. The zero-order valence-electron chi connectivity index (χ0n) is 20.7. The van der Waals surface area contributed by atoms with E-state index in [0.717, 1.165) is 17.9 Å². The van der Waals surface area contributed by atoms with Crippen LogP contribution >= 0.6 is 17.9 Å². The van der Waals surface area contributed by atoms with E-state index in [1.807, 2.05) is 0 Å². The summed E-state index contributed by atoms with van der Waals surface area (Å²) in [6.45, 7) is 0. The van der Waals surface area contributed by atoms with Crippen LogP contribution in [0.25, 0.3) is 21.8 Å². The summed E-state index contributed by atoms with van der Waals surface area (Å²) < 4.78 is 17.6. The van der Waals surface area contributed by atoms with Gasteiger partial charge in [-0.15, -0.1) is 0 Å². The number of nitrogens with zero attached hydrogens (tertiary/aromatic N) is 2. The van der Waals surface area contributed by atoms with E-state index in [1.165, 1.54) is 50.5 Å². The second-order valence-corrected chi connectivity index (χ2v) is 11.8. The van der Waals surface area contributed by atoms with Crippen LogP contribution in [-0.2, 0) is 0 Å². The fourth-order valence-electron chi connectivity index (χ4n) is 6.42. The van der Waals surface area contributed by atoms with Gasteiger partial charge in [0.05, 0.1) is 11.0 Å². The predicted octanol–water partition coefficient (Wildman–Crippen LogP) is 8.84. The molecule has 2 heterocycles. The maximum atomic E-state index is 6.58. The third-order valence-corrected chi connectivity index (χ3v) is 9.89. The van der Waals surface area contributed by atoms with E-state index in [1.54, 1.807) is 0 Å². The van der Waals surface area contributed by atoms with E-state index in [2.05, 4.69) is 118 Å². The molecule has 0 aliphatic heterocycles. The lowest BCUT2D eigenvalue weighted by Gasteiger charge is -2.41. The molecule has 2 unspecified atom stereocenters. The summed E-state index contributed by atoms with van der Waals surface area (Å²) in [5.74, 6) is 2.69. The number of aromatic nitrogens is 2. The predicted molar refractivity (Wildman–Crippen MR) is 158 cm³/mol. The normalized spacial score (nSPS) is 18.1. The highest BCUT2D eigenvalue weighted by molar-refractivity contribution is 7.31. The third kappa shape index (κ3) is 3.52. The van der Waals surface area contributed by atoms with Gasteiger partial charge in [-0.05, 0) is 71.1 Å². The molecule has 4 aromatic carbocycles. The van der Waals surface area contributed by atoms with Crippen molar-refractivity contribution in [3.05, 3.63) is 132 Å². The first-order valence-corrected chi connectivity index (χ1v) is 14.8. The van der Waals surface area contributed by atoms with Gasteiger partial charge in [0.25, 0.3) is 0 Å². The molecule has 2 bridgehead atoms. The molecular weight excluding hydrogens is 506 g/mol. The van der Waals surface area contributed by atoms with E-state index < -0.39 is 0 Å². The second kappa shape index (κ2) is 9.02. The summed E-state index contributed by atoms with van der Waals surface area (Å²) in [4.78, 5) is 0. The molecule has 0 N–H and O–H groups in total. The van der Waals surface area contributed by atoms with Crippen LogP contribution in [0.5, 0.6) is 11.5 Å². The number of fused-ring (bicyclic) bond motifs is 3. The van der Waals surface area contributed by atoms with Crippen LogP contribution in [0.1, 0.15) is 46.9 Å². The number of para-hydroxylation sites is 2. The van der Waals surface area contributed by atoms with E-state index in [-0.39, 0.29) is 23.8 Å². The Labute approximate surface area is 225 Å². The first-order valence-electron chi connectivity index (χ1n) is 13.1. The Morgan fingerprint density at radius 3 is 1.58 bits per heavy atom. The first kappa shape index (κ1) is 22.4. The van der Waals surface area contributed by atoms with Crippen molar-refractivity contribution in [2.45, 2.75) is 24.7 Å². The SMILES string of the molecule is c1cc(OPn2ccc3ccccc32)c2c(c1)C1CCC2c2c(OPn3ccc4ccccc43)cccc21. The Kier molecular flexibility index (Phi) is 5.32. The molecule has 2 aromatic heterocycles. The van der Waals surface area contributed by atoms with Crippen LogP contribution in [-0.4, -0.2) is 8.68 Å². The standard InChI is InChI=1S/C32H26N2O2P2/c1-3-11-27-21(7-1)17-19-33(27)37-35-29-13-5-9-24-23-15-16-26(31(24)29)32-25(23)10-6-14-30(32)36-38-34-20-18-22-8-2-4-12-28(22)34/h1-14,17-20,23,26,37-38H,15-16H2. The van der Waals surface area contributed by atoms with E-state index in [4.69, 9.17) is 9.05 Å². The highest BCUT2D eigenvalue weighted by Gasteiger charge is 2.41. The van der Waals surface area contributed by atoms with Gasteiger partial charge in [0.2, 0.25) is 0 Å². The van der Waals surface area contributed by atoms with Crippen LogP contribution in [0.15, 0.2) is 109 Å². The fourth-order valence-corrected chi connectivity index (χ4v) is 8.04. The van der Waals surface area contributed by atoms with Crippen molar-refractivity contribution in [3.8, 4) is 11.5 Å². The smallest absolute Gasteiger partial charge is 0.181 e. The van der Waals surface area contributed by atoms with Crippen LogP contribution < -0.4 is 9.05 Å². The highest BCUT2D eigenvalue weighted by Crippen LogP contribution is 2.58. The minimum Gasteiger partial charge on any atom is -0.455 e. The molecule has 0 saturated carbocycles. The Hall–Kier alpha value is -3.58. The van der Waals surface area contributed by atoms with Gasteiger partial charge in [-0.2, -0.15) is 0 Å². The van der Waals surface area contributed by atoms with E-state index >= 15 is 0 Å². The van der Waals surface area contributed by atoms with Crippen LogP contribution in [0.3, 0.4) is 0 Å². The number of rotatable bonds is 6. The molecule has 2 atom stereocenters. The van der Waals surface area contributed by atoms with Crippen molar-refractivity contribution in [1.29, 1.82) is 0 Å². The molecular formula is C32H26N2O2P2. The van der Waals surface area contributed by atoms with Gasteiger partial charge < -0.3 is 9.05 Å². The molecule has 0 radical (unpaired) electrons. The van der Waals surface area contributed by atoms with Gasteiger partial charge in [-0.3, -0.25) is 8.68 Å².